The fraction of sp³-hybridized carbons (Fsp3) is 0.438. The van der Waals surface area contributed by atoms with E-state index in [1.807, 2.05) is 12.1 Å². The Kier molecular flexibility index (Phi) is 5.16. The van der Waals surface area contributed by atoms with E-state index in [2.05, 4.69) is 17.0 Å². The van der Waals surface area contributed by atoms with Gasteiger partial charge in [-0.15, -0.1) is 0 Å². The first kappa shape index (κ1) is 13.8. The summed E-state index contributed by atoms with van der Waals surface area (Å²) in [5, 5.41) is 8.64. The lowest BCUT2D eigenvalue weighted by Gasteiger charge is -2.19. The Hall–Kier alpha value is -1.61. The minimum atomic E-state index is -0.905. The van der Waals surface area contributed by atoms with Crippen LogP contribution in [-0.2, 0) is 11.3 Å². The summed E-state index contributed by atoms with van der Waals surface area (Å²) in [4.78, 5) is 13.0. The van der Waals surface area contributed by atoms with E-state index < -0.39 is 5.97 Å². The van der Waals surface area contributed by atoms with E-state index in [-0.39, 0.29) is 0 Å². The van der Waals surface area contributed by atoms with E-state index in [9.17, 15) is 4.79 Å². The summed E-state index contributed by atoms with van der Waals surface area (Å²) in [5.41, 5.74) is 2.21. The highest BCUT2D eigenvalue weighted by molar-refractivity contribution is 5.85. The molecule has 0 saturated carbocycles. The van der Waals surface area contributed by atoms with Gasteiger partial charge in [-0.05, 0) is 43.1 Å². The number of carboxylic acids is 1. The molecule has 1 aliphatic rings. The second-order valence-electron chi connectivity index (χ2n) is 5.11. The van der Waals surface area contributed by atoms with Crippen molar-refractivity contribution in [2.75, 3.05) is 13.1 Å². The fourth-order valence-electron chi connectivity index (χ4n) is 2.52. The van der Waals surface area contributed by atoms with Crippen LogP contribution in [0.15, 0.2) is 30.3 Å². The second kappa shape index (κ2) is 7.10. The van der Waals surface area contributed by atoms with Crippen molar-refractivity contribution in [3.63, 3.8) is 0 Å². The molecule has 2 rings (SSSR count). The summed E-state index contributed by atoms with van der Waals surface area (Å²) in [5.74, 6) is -0.905. The van der Waals surface area contributed by atoms with Crippen LogP contribution in [0.2, 0.25) is 0 Å². The molecule has 19 heavy (non-hydrogen) atoms. The number of aliphatic carboxylic acids is 1. The summed E-state index contributed by atoms with van der Waals surface area (Å²) in [6.07, 6.45) is 8.10. The number of rotatable bonds is 4. The molecule has 102 valence electrons. The van der Waals surface area contributed by atoms with Crippen molar-refractivity contribution in [1.82, 2.24) is 4.90 Å². The highest BCUT2D eigenvalue weighted by Crippen LogP contribution is 2.14. The van der Waals surface area contributed by atoms with Crippen molar-refractivity contribution >= 4 is 12.0 Å². The van der Waals surface area contributed by atoms with Gasteiger partial charge in [-0.25, -0.2) is 4.79 Å². The van der Waals surface area contributed by atoms with Crippen LogP contribution < -0.4 is 0 Å². The predicted molar refractivity (Wildman–Crippen MR) is 76.9 cm³/mol. The van der Waals surface area contributed by atoms with Crippen LogP contribution >= 0.6 is 0 Å². The number of hydrogen-bond acceptors (Lipinski definition) is 2. The third kappa shape index (κ3) is 4.87. The number of benzene rings is 1. The Morgan fingerprint density at radius 1 is 1.21 bits per heavy atom. The van der Waals surface area contributed by atoms with Crippen LogP contribution in [0.5, 0.6) is 0 Å². The number of carboxylic acid groups (broad SMARTS) is 1. The molecular formula is C16H21NO2. The molecule has 1 fully saturated rings. The van der Waals surface area contributed by atoms with Gasteiger partial charge in [-0.2, -0.15) is 0 Å². The molecule has 0 aliphatic carbocycles. The van der Waals surface area contributed by atoms with Crippen LogP contribution in [0, 0.1) is 0 Å². The monoisotopic (exact) mass is 259 g/mol. The van der Waals surface area contributed by atoms with Gasteiger partial charge in [-0.1, -0.05) is 37.1 Å². The summed E-state index contributed by atoms with van der Waals surface area (Å²) >= 11 is 0. The van der Waals surface area contributed by atoms with Crippen LogP contribution in [-0.4, -0.2) is 29.1 Å². The maximum absolute atomic E-state index is 10.5. The van der Waals surface area contributed by atoms with Crippen molar-refractivity contribution in [3.8, 4) is 0 Å². The molecule has 0 bridgehead atoms. The van der Waals surface area contributed by atoms with Gasteiger partial charge in [-0.3, -0.25) is 4.90 Å². The molecule has 3 nitrogen and oxygen atoms in total. The minimum Gasteiger partial charge on any atom is -0.478 e. The molecule has 1 heterocycles. The Labute approximate surface area is 114 Å². The number of hydrogen-bond donors (Lipinski definition) is 1. The third-order valence-corrected chi connectivity index (χ3v) is 3.47. The summed E-state index contributed by atoms with van der Waals surface area (Å²) in [6, 6.07) is 8.12. The third-order valence-electron chi connectivity index (χ3n) is 3.47. The molecule has 0 aromatic heterocycles. The van der Waals surface area contributed by atoms with E-state index in [1.165, 1.54) is 50.4 Å². The molecule has 1 aliphatic heterocycles. The number of nitrogens with zero attached hydrogens (tertiary/aromatic N) is 1. The first-order chi connectivity index (χ1) is 9.24. The van der Waals surface area contributed by atoms with Crippen LogP contribution in [0.1, 0.15) is 36.8 Å². The maximum Gasteiger partial charge on any atom is 0.328 e. The lowest BCUT2D eigenvalue weighted by atomic mass is 10.1. The predicted octanol–water partition coefficient (Wildman–Crippen LogP) is 3.16. The first-order valence-corrected chi connectivity index (χ1v) is 6.96. The van der Waals surface area contributed by atoms with Gasteiger partial charge in [0.2, 0.25) is 0 Å². The van der Waals surface area contributed by atoms with E-state index in [0.717, 1.165) is 12.1 Å². The molecule has 1 aromatic rings. The van der Waals surface area contributed by atoms with Crippen molar-refractivity contribution in [2.24, 2.45) is 0 Å². The first-order valence-electron chi connectivity index (χ1n) is 6.96. The Morgan fingerprint density at radius 3 is 2.63 bits per heavy atom. The van der Waals surface area contributed by atoms with E-state index in [0.29, 0.717) is 0 Å². The maximum atomic E-state index is 10.5. The van der Waals surface area contributed by atoms with Crippen LogP contribution in [0.25, 0.3) is 6.08 Å². The fourth-order valence-corrected chi connectivity index (χ4v) is 2.52. The molecule has 3 heteroatoms. The van der Waals surface area contributed by atoms with Crippen molar-refractivity contribution in [3.05, 3.63) is 41.5 Å². The van der Waals surface area contributed by atoms with Gasteiger partial charge >= 0.3 is 5.97 Å². The summed E-state index contributed by atoms with van der Waals surface area (Å²) < 4.78 is 0. The number of likely N-dealkylation sites (tertiary alicyclic amines) is 1. The Bertz CT molecular complexity index is 446. The molecular weight excluding hydrogens is 238 g/mol. The van der Waals surface area contributed by atoms with E-state index >= 15 is 0 Å². The zero-order valence-electron chi connectivity index (χ0n) is 11.2. The lowest BCUT2D eigenvalue weighted by molar-refractivity contribution is -0.131. The van der Waals surface area contributed by atoms with Gasteiger partial charge < -0.3 is 5.11 Å². The van der Waals surface area contributed by atoms with Crippen LogP contribution in [0.4, 0.5) is 0 Å². The molecule has 0 atom stereocenters. The second-order valence-corrected chi connectivity index (χ2v) is 5.11. The average Bonchev–Trinajstić information content (AvgIpc) is 2.65. The molecule has 0 spiro atoms. The van der Waals surface area contributed by atoms with Crippen molar-refractivity contribution < 1.29 is 9.90 Å². The normalized spacial score (nSPS) is 17.5. The minimum absolute atomic E-state index is 0.905. The molecule has 0 radical (unpaired) electrons. The van der Waals surface area contributed by atoms with E-state index in [1.54, 1.807) is 6.08 Å². The average molecular weight is 259 g/mol. The smallest absolute Gasteiger partial charge is 0.328 e. The standard InChI is InChI=1S/C16H21NO2/c18-16(19)9-8-14-6-5-7-15(12-14)13-17-10-3-1-2-4-11-17/h5-9,12H,1-4,10-11,13H2,(H,18,19)/b9-8+. The molecule has 0 unspecified atom stereocenters. The quantitative estimate of drug-likeness (QED) is 0.844. The van der Waals surface area contributed by atoms with Gasteiger partial charge in [0.25, 0.3) is 0 Å². The number of carbonyl (C=O) groups is 1. The topological polar surface area (TPSA) is 40.5 Å². The largest absolute Gasteiger partial charge is 0.478 e. The van der Waals surface area contributed by atoms with Crippen LogP contribution in [0.3, 0.4) is 0 Å². The molecule has 0 amide bonds. The summed E-state index contributed by atoms with van der Waals surface area (Å²) in [6.45, 7) is 3.32. The summed E-state index contributed by atoms with van der Waals surface area (Å²) in [7, 11) is 0. The highest BCUT2D eigenvalue weighted by atomic mass is 16.4. The van der Waals surface area contributed by atoms with Gasteiger partial charge in [0, 0.05) is 12.6 Å². The Balaban J connectivity index is 1.99. The molecule has 1 N–H and O–H groups in total. The van der Waals surface area contributed by atoms with Gasteiger partial charge in [0.15, 0.2) is 0 Å². The SMILES string of the molecule is O=C(O)/C=C/c1cccc(CN2CCCCCC2)c1. The van der Waals surface area contributed by atoms with Crippen molar-refractivity contribution in [2.45, 2.75) is 32.2 Å². The zero-order chi connectivity index (χ0) is 13.5. The highest BCUT2D eigenvalue weighted by Gasteiger charge is 2.09. The zero-order valence-corrected chi connectivity index (χ0v) is 11.2. The molecule has 1 aromatic carbocycles. The van der Waals surface area contributed by atoms with Crippen molar-refractivity contribution in [1.29, 1.82) is 0 Å². The van der Waals surface area contributed by atoms with Gasteiger partial charge in [0.05, 0.1) is 0 Å². The Morgan fingerprint density at radius 2 is 1.95 bits per heavy atom. The van der Waals surface area contributed by atoms with E-state index in [4.69, 9.17) is 5.11 Å². The van der Waals surface area contributed by atoms with Gasteiger partial charge in [0.1, 0.15) is 0 Å². The molecule has 1 saturated heterocycles. The lowest BCUT2D eigenvalue weighted by Crippen LogP contribution is -2.23.